The van der Waals surface area contributed by atoms with Crippen LogP contribution in [-0.2, 0) is 4.74 Å². The Kier molecular flexibility index (Phi) is 4.41. The van der Waals surface area contributed by atoms with Crippen molar-refractivity contribution in [1.29, 1.82) is 0 Å². The molecule has 1 aromatic carbocycles. The molecule has 4 heteroatoms. The van der Waals surface area contributed by atoms with Crippen LogP contribution in [-0.4, -0.2) is 25.8 Å². The van der Waals surface area contributed by atoms with Crippen LogP contribution in [0.15, 0.2) is 28.7 Å². The first-order valence-electron chi connectivity index (χ1n) is 5.20. The highest BCUT2D eigenvalue weighted by Gasteiger charge is 2.08. The second-order valence-corrected chi connectivity index (χ2v) is 4.98. The van der Waals surface area contributed by atoms with Crippen LogP contribution < -0.4 is 5.32 Å². The van der Waals surface area contributed by atoms with E-state index in [1.165, 1.54) is 0 Å². The Morgan fingerprint density at radius 1 is 1.50 bits per heavy atom. The first-order valence-corrected chi connectivity index (χ1v) is 6.37. The molecule has 0 bridgehead atoms. The van der Waals surface area contributed by atoms with Crippen molar-refractivity contribution >= 4 is 33.6 Å². The third-order valence-electron chi connectivity index (χ3n) is 2.42. The van der Waals surface area contributed by atoms with Crippen molar-refractivity contribution in [2.75, 3.05) is 19.8 Å². The number of hydrogen-bond donors (Lipinski definition) is 1. The van der Waals surface area contributed by atoms with Gasteiger partial charge in [-0.05, 0) is 17.7 Å². The molecule has 2 nitrogen and oxygen atoms in total. The van der Waals surface area contributed by atoms with Crippen molar-refractivity contribution in [2.45, 2.75) is 6.04 Å². The highest BCUT2D eigenvalue weighted by molar-refractivity contribution is 9.10. The van der Waals surface area contributed by atoms with E-state index in [0.29, 0.717) is 0 Å². The van der Waals surface area contributed by atoms with Crippen LogP contribution in [0.1, 0.15) is 5.56 Å². The van der Waals surface area contributed by atoms with E-state index in [1.54, 1.807) is 0 Å². The number of morpholine rings is 1. The first-order chi connectivity index (χ1) is 7.75. The van der Waals surface area contributed by atoms with Gasteiger partial charge in [0.15, 0.2) is 0 Å². The van der Waals surface area contributed by atoms with Crippen LogP contribution in [0, 0.1) is 0 Å². The van der Waals surface area contributed by atoms with Crippen molar-refractivity contribution in [3.05, 3.63) is 39.3 Å². The topological polar surface area (TPSA) is 21.3 Å². The zero-order chi connectivity index (χ0) is 11.4. The molecule has 0 aliphatic carbocycles. The summed E-state index contributed by atoms with van der Waals surface area (Å²) in [6.07, 6.45) is 4.12. The first kappa shape index (κ1) is 12.1. The predicted molar refractivity (Wildman–Crippen MR) is 70.8 cm³/mol. The van der Waals surface area contributed by atoms with E-state index >= 15 is 0 Å². The van der Waals surface area contributed by atoms with E-state index in [-0.39, 0.29) is 6.04 Å². The van der Waals surface area contributed by atoms with E-state index in [9.17, 15) is 0 Å². The Morgan fingerprint density at radius 2 is 2.38 bits per heavy atom. The molecule has 1 aromatic rings. The summed E-state index contributed by atoms with van der Waals surface area (Å²) in [6, 6.07) is 6.16. The van der Waals surface area contributed by atoms with Crippen molar-refractivity contribution in [3.63, 3.8) is 0 Å². The summed E-state index contributed by atoms with van der Waals surface area (Å²) in [5, 5.41) is 4.11. The number of ether oxygens (including phenoxy) is 1. The monoisotopic (exact) mass is 301 g/mol. The van der Waals surface area contributed by atoms with Gasteiger partial charge in [0.25, 0.3) is 0 Å². The minimum atomic E-state index is 0.286. The van der Waals surface area contributed by atoms with Crippen molar-refractivity contribution in [2.24, 2.45) is 0 Å². The summed E-state index contributed by atoms with van der Waals surface area (Å²) in [5.41, 5.74) is 1.03. The second-order valence-electron chi connectivity index (χ2n) is 3.66. The molecule has 1 aliphatic rings. The maximum Gasteiger partial charge on any atom is 0.0656 e. The SMILES string of the molecule is Clc1cc(Br)ccc1/C=C/C1COCCN1. The number of hydrogen-bond acceptors (Lipinski definition) is 2. The molecular formula is C12H13BrClNO. The smallest absolute Gasteiger partial charge is 0.0656 e. The molecule has 1 heterocycles. The van der Waals surface area contributed by atoms with Gasteiger partial charge in [0.1, 0.15) is 0 Å². The molecule has 1 atom stereocenters. The fourth-order valence-corrected chi connectivity index (χ4v) is 2.30. The van der Waals surface area contributed by atoms with Gasteiger partial charge in [0, 0.05) is 22.1 Å². The number of halogens is 2. The fourth-order valence-electron chi connectivity index (χ4n) is 1.57. The summed E-state index contributed by atoms with van der Waals surface area (Å²) in [7, 11) is 0. The van der Waals surface area contributed by atoms with Crippen LogP contribution in [0.5, 0.6) is 0 Å². The Bertz CT molecular complexity index is 389. The third-order valence-corrected chi connectivity index (χ3v) is 3.24. The summed E-state index contributed by atoms with van der Waals surface area (Å²) in [4.78, 5) is 0. The highest BCUT2D eigenvalue weighted by Crippen LogP contribution is 2.22. The number of benzene rings is 1. The van der Waals surface area contributed by atoms with Crippen LogP contribution >= 0.6 is 27.5 Å². The summed E-state index contributed by atoms with van der Waals surface area (Å²) < 4.78 is 6.36. The maximum absolute atomic E-state index is 6.11. The fraction of sp³-hybridized carbons (Fsp3) is 0.333. The van der Waals surface area contributed by atoms with Crippen LogP contribution in [0.25, 0.3) is 6.08 Å². The van der Waals surface area contributed by atoms with Crippen molar-refractivity contribution < 1.29 is 4.74 Å². The average molecular weight is 303 g/mol. The second kappa shape index (κ2) is 5.82. The molecular weight excluding hydrogens is 289 g/mol. The molecule has 2 rings (SSSR count). The minimum absolute atomic E-state index is 0.286. The maximum atomic E-state index is 6.11. The Morgan fingerprint density at radius 3 is 3.06 bits per heavy atom. The standard InChI is InChI=1S/C12H13BrClNO/c13-10-3-1-9(12(14)7-10)2-4-11-8-16-6-5-15-11/h1-4,7,11,15H,5-6,8H2/b4-2+. The van der Waals surface area contributed by atoms with Gasteiger partial charge in [-0.1, -0.05) is 45.7 Å². The summed E-state index contributed by atoms with van der Waals surface area (Å²) >= 11 is 9.50. The molecule has 1 aliphatic heterocycles. The molecule has 0 aromatic heterocycles. The van der Waals surface area contributed by atoms with Gasteiger partial charge in [0.2, 0.25) is 0 Å². The minimum Gasteiger partial charge on any atom is -0.378 e. The van der Waals surface area contributed by atoms with E-state index in [0.717, 1.165) is 34.8 Å². The van der Waals surface area contributed by atoms with E-state index < -0.39 is 0 Å². The molecule has 1 fully saturated rings. The van der Waals surface area contributed by atoms with E-state index in [1.807, 2.05) is 24.3 Å². The lowest BCUT2D eigenvalue weighted by Crippen LogP contribution is -2.39. The van der Waals surface area contributed by atoms with E-state index in [4.69, 9.17) is 16.3 Å². The molecule has 0 saturated carbocycles. The van der Waals surface area contributed by atoms with Gasteiger partial charge in [0.05, 0.1) is 13.2 Å². The average Bonchev–Trinajstić information content (AvgIpc) is 2.29. The van der Waals surface area contributed by atoms with Crippen LogP contribution in [0.2, 0.25) is 5.02 Å². The van der Waals surface area contributed by atoms with Gasteiger partial charge in [-0.15, -0.1) is 0 Å². The van der Waals surface area contributed by atoms with Gasteiger partial charge in [-0.25, -0.2) is 0 Å². The normalized spacial score (nSPS) is 21.5. The molecule has 0 amide bonds. The van der Waals surface area contributed by atoms with Gasteiger partial charge < -0.3 is 10.1 Å². The molecule has 1 saturated heterocycles. The molecule has 0 radical (unpaired) electrons. The zero-order valence-electron chi connectivity index (χ0n) is 8.75. The quantitative estimate of drug-likeness (QED) is 0.906. The predicted octanol–water partition coefficient (Wildman–Crippen LogP) is 3.10. The van der Waals surface area contributed by atoms with Crippen molar-refractivity contribution in [1.82, 2.24) is 5.32 Å². The molecule has 1 N–H and O–H groups in total. The van der Waals surface area contributed by atoms with Gasteiger partial charge >= 0.3 is 0 Å². The lowest BCUT2D eigenvalue weighted by atomic mass is 10.1. The van der Waals surface area contributed by atoms with Gasteiger partial charge in [-0.3, -0.25) is 0 Å². The molecule has 16 heavy (non-hydrogen) atoms. The Labute approximate surface area is 109 Å². The Hall–Kier alpha value is -0.350. The zero-order valence-corrected chi connectivity index (χ0v) is 11.1. The lowest BCUT2D eigenvalue weighted by molar-refractivity contribution is 0.0903. The van der Waals surface area contributed by atoms with Gasteiger partial charge in [-0.2, -0.15) is 0 Å². The Balaban J connectivity index is 2.04. The molecule has 0 spiro atoms. The largest absolute Gasteiger partial charge is 0.378 e. The summed E-state index contributed by atoms with van der Waals surface area (Å²) in [6.45, 7) is 2.43. The van der Waals surface area contributed by atoms with Crippen molar-refractivity contribution in [3.8, 4) is 0 Å². The molecule has 86 valence electrons. The lowest BCUT2D eigenvalue weighted by Gasteiger charge is -2.20. The number of nitrogens with one attached hydrogen (secondary N) is 1. The van der Waals surface area contributed by atoms with Crippen LogP contribution in [0.3, 0.4) is 0 Å². The van der Waals surface area contributed by atoms with E-state index in [2.05, 4.69) is 27.3 Å². The molecule has 1 unspecified atom stereocenters. The third kappa shape index (κ3) is 3.32. The van der Waals surface area contributed by atoms with Crippen LogP contribution in [0.4, 0.5) is 0 Å². The highest BCUT2D eigenvalue weighted by atomic mass is 79.9. The summed E-state index contributed by atoms with van der Waals surface area (Å²) in [5.74, 6) is 0. The number of rotatable bonds is 2.